The molecule has 0 radical (unpaired) electrons. The number of carbonyl (C=O) groups is 1. The lowest BCUT2D eigenvalue weighted by molar-refractivity contribution is -0.136. The maximum atomic E-state index is 13.1. The van der Waals surface area contributed by atoms with Crippen molar-refractivity contribution in [1.29, 1.82) is 0 Å². The number of benzene rings is 1. The van der Waals surface area contributed by atoms with Gasteiger partial charge in [-0.15, -0.1) is 0 Å². The minimum Gasteiger partial charge on any atom is -0.481 e. The van der Waals surface area contributed by atoms with Gasteiger partial charge in [-0.05, 0) is 37.1 Å². The number of aliphatic carboxylic acids is 1. The molecule has 0 unspecified atom stereocenters. The molecule has 5 heteroatoms. The molecule has 94 valence electrons. The third-order valence-electron chi connectivity index (χ3n) is 2.95. The summed E-state index contributed by atoms with van der Waals surface area (Å²) < 4.78 is 13.1. The van der Waals surface area contributed by atoms with Crippen LogP contribution in [-0.2, 0) is 11.2 Å². The van der Waals surface area contributed by atoms with E-state index in [0.717, 1.165) is 5.39 Å². The second-order valence-electron chi connectivity index (χ2n) is 4.14. The van der Waals surface area contributed by atoms with Crippen molar-refractivity contribution < 1.29 is 14.3 Å². The lowest BCUT2D eigenvalue weighted by atomic mass is 10.0. The number of hydrogen-bond acceptors (Lipinski definition) is 2. The van der Waals surface area contributed by atoms with Gasteiger partial charge in [0.2, 0.25) is 0 Å². The van der Waals surface area contributed by atoms with Crippen molar-refractivity contribution in [2.75, 3.05) is 0 Å². The highest BCUT2D eigenvalue weighted by Gasteiger charge is 2.11. The first kappa shape index (κ1) is 12.3. The highest BCUT2D eigenvalue weighted by atomic mass is 19.1. The van der Waals surface area contributed by atoms with Crippen LogP contribution in [0.5, 0.6) is 0 Å². The quantitative estimate of drug-likeness (QED) is 0.873. The predicted octanol–water partition coefficient (Wildman–Crippen LogP) is 1.99. The summed E-state index contributed by atoms with van der Waals surface area (Å²) in [4.78, 5) is 24.9. The Hall–Kier alpha value is -2.17. The maximum absolute atomic E-state index is 13.1. The molecular weight excluding hydrogens is 237 g/mol. The molecule has 1 heterocycles. The van der Waals surface area contributed by atoms with Crippen molar-refractivity contribution >= 4 is 16.9 Å². The summed E-state index contributed by atoms with van der Waals surface area (Å²) in [5.41, 5.74) is 1.22. The summed E-state index contributed by atoms with van der Waals surface area (Å²) in [7, 11) is 0. The Kier molecular flexibility index (Phi) is 3.14. The fraction of sp³-hybridized carbons (Fsp3) is 0.231. The van der Waals surface area contributed by atoms with Crippen molar-refractivity contribution in [2.45, 2.75) is 19.8 Å². The van der Waals surface area contributed by atoms with E-state index < -0.39 is 11.8 Å². The van der Waals surface area contributed by atoms with Crippen LogP contribution in [0, 0.1) is 12.7 Å². The number of carboxylic acid groups (broad SMARTS) is 1. The number of aryl methyl sites for hydroxylation is 1. The van der Waals surface area contributed by atoms with E-state index in [-0.39, 0.29) is 18.4 Å². The van der Waals surface area contributed by atoms with Crippen LogP contribution in [0.3, 0.4) is 0 Å². The number of aromatic amines is 1. The van der Waals surface area contributed by atoms with E-state index in [2.05, 4.69) is 4.98 Å². The number of halogens is 1. The molecule has 4 nitrogen and oxygen atoms in total. The van der Waals surface area contributed by atoms with Crippen molar-refractivity contribution in [2.24, 2.45) is 0 Å². The zero-order valence-corrected chi connectivity index (χ0v) is 9.79. The Morgan fingerprint density at radius 2 is 2.17 bits per heavy atom. The van der Waals surface area contributed by atoms with Crippen LogP contribution in [0.2, 0.25) is 0 Å². The molecule has 1 aromatic carbocycles. The largest absolute Gasteiger partial charge is 0.481 e. The van der Waals surface area contributed by atoms with Gasteiger partial charge >= 0.3 is 5.97 Å². The Balaban J connectivity index is 2.58. The van der Waals surface area contributed by atoms with Crippen molar-refractivity contribution in [3.63, 3.8) is 0 Å². The van der Waals surface area contributed by atoms with Gasteiger partial charge < -0.3 is 10.1 Å². The molecule has 18 heavy (non-hydrogen) atoms. The average Bonchev–Trinajstić information content (AvgIpc) is 2.27. The molecule has 0 spiro atoms. The summed E-state index contributed by atoms with van der Waals surface area (Å²) in [6, 6.07) is 4.15. The highest BCUT2D eigenvalue weighted by molar-refractivity contribution is 5.83. The van der Waals surface area contributed by atoms with Gasteiger partial charge in [-0.2, -0.15) is 0 Å². The monoisotopic (exact) mass is 249 g/mol. The number of nitrogens with one attached hydrogen (secondary N) is 1. The van der Waals surface area contributed by atoms with Gasteiger partial charge in [0.05, 0.1) is 5.52 Å². The van der Waals surface area contributed by atoms with E-state index in [0.29, 0.717) is 16.6 Å². The molecule has 0 aliphatic carbocycles. The maximum Gasteiger partial charge on any atom is 0.303 e. The normalized spacial score (nSPS) is 10.8. The first-order chi connectivity index (χ1) is 8.49. The molecule has 0 aliphatic heterocycles. The first-order valence-corrected chi connectivity index (χ1v) is 5.52. The third-order valence-corrected chi connectivity index (χ3v) is 2.95. The number of fused-ring (bicyclic) bond motifs is 1. The molecular formula is C13H12FNO3. The number of aromatic nitrogens is 1. The fourth-order valence-corrected chi connectivity index (χ4v) is 2.01. The van der Waals surface area contributed by atoms with E-state index in [1.54, 1.807) is 13.0 Å². The van der Waals surface area contributed by atoms with Crippen LogP contribution in [0.4, 0.5) is 4.39 Å². The van der Waals surface area contributed by atoms with E-state index in [9.17, 15) is 14.0 Å². The van der Waals surface area contributed by atoms with Gasteiger partial charge in [0, 0.05) is 17.4 Å². The Labute approximate surface area is 102 Å². The zero-order chi connectivity index (χ0) is 13.3. The lowest BCUT2D eigenvalue weighted by Crippen LogP contribution is -2.16. The minimum absolute atomic E-state index is 0.101. The molecule has 0 saturated carbocycles. The van der Waals surface area contributed by atoms with E-state index in [4.69, 9.17) is 5.11 Å². The fourth-order valence-electron chi connectivity index (χ4n) is 2.01. The molecule has 0 saturated heterocycles. The lowest BCUT2D eigenvalue weighted by Gasteiger charge is -2.07. The van der Waals surface area contributed by atoms with Crippen LogP contribution in [0.1, 0.15) is 17.5 Å². The van der Waals surface area contributed by atoms with Crippen molar-refractivity contribution in [3.8, 4) is 0 Å². The predicted molar refractivity (Wildman–Crippen MR) is 65.2 cm³/mol. The van der Waals surface area contributed by atoms with Crippen LogP contribution < -0.4 is 5.56 Å². The zero-order valence-electron chi connectivity index (χ0n) is 9.79. The molecule has 2 rings (SSSR count). The number of H-pyrrole nitrogens is 1. The Morgan fingerprint density at radius 1 is 1.44 bits per heavy atom. The standard InChI is InChI=1S/C13H12FNO3/c1-7-9-3-2-8(14)6-11(9)15-13(18)10(7)4-5-12(16)17/h2-3,6H,4-5H2,1H3,(H,15,18)(H,16,17). The Bertz CT molecular complexity index is 676. The number of carboxylic acids is 1. The van der Waals surface area contributed by atoms with Gasteiger partial charge in [-0.25, -0.2) is 4.39 Å². The van der Waals surface area contributed by atoms with Gasteiger partial charge in [0.15, 0.2) is 0 Å². The van der Waals surface area contributed by atoms with Crippen LogP contribution in [0.25, 0.3) is 10.9 Å². The summed E-state index contributed by atoms with van der Waals surface area (Å²) in [5, 5.41) is 9.38. The molecule has 1 aromatic heterocycles. The number of hydrogen-bond donors (Lipinski definition) is 2. The molecule has 0 bridgehead atoms. The van der Waals surface area contributed by atoms with Gasteiger partial charge in [-0.1, -0.05) is 0 Å². The second kappa shape index (κ2) is 4.60. The van der Waals surface area contributed by atoms with Gasteiger partial charge in [-0.3, -0.25) is 9.59 Å². The first-order valence-electron chi connectivity index (χ1n) is 5.52. The minimum atomic E-state index is -0.951. The summed E-state index contributed by atoms with van der Waals surface area (Å²) >= 11 is 0. The van der Waals surface area contributed by atoms with Crippen LogP contribution in [0.15, 0.2) is 23.0 Å². The molecule has 0 fully saturated rings. The third kappa shape index (κ3) is 2.25. The Morgan fingerprint density at radius 3 is 2.83 bits per heavy atom. The van der Waals surface area contributed by atoms with Gasteiger partial charge in [0.25, 0.3) is 5.56 Å². The molecule has 2 N–H and O–H groups in total. The van der Waals surface area contributed by atoms with Crippen LogP contribution in [-0.4, -0.2) is 16.1 Å². The van der Waals surface area contributed by atoms with E-state index in [1.807, 2.05) is 0 Å². The number of rotatable bonds is 3. The molecule has 0 atom stereocenters. The second-order valence-corrected chi connectivity index (χ2v) is 4.14. The van der Waals surface area contributed by atoms with E-state index >= 15 is 0 Å². The summed E-state index contributed by atoms with van der Waals surface area (Å²) in [6.45, 7) is 1.74. The SMILES string of the molecule is Cc1c(CCC(=O)O)c(=O)[nH]c2cc(F)ccc12. The number of pyridine rings is 1. The van der Waals surface area contributed by atoms with Crippen LogP contribution >= 0.6 is 0 Å². The van der Waals surface area contributed by atoms with Crippen molar-refractivity contribution in [1.82, 2.24) is 4.98 Å². The molecule has 0 amide bonds. The van der Waals surface area contributed by atoms with Crippen molar-refractivity contribution in [3.05, 3.63) is 45.5 Å². The smallest absolute Gasteiger partial charge is 0.303 e. The van der Waals surface area contributed by atoms with Gasteiger partial charge in [0.1, 0.15) is 5.82 Å². The average molecular weight is 249 g/mol. The highest BCUT2D eigenvalue weighted by Crippen LogP contribution is 2.19. The molecule has 0 aliphatic rings. The summed E-state index contributed by atoms with van der Waals surface area (Å²) in [5.74, 6) is -1.37. The van der Waals surface area contributed by atoms with E-state index in [1.165, 1.54) is 12.1 Å². The molecule has 2 aromatic rings. The topological polar surface area (TPSA) is 70.2 Å². The summed E-state index contributed by atoms with van der Waals surface area (Å²) in [6.07, 6.45) is 0.0699.